The topological polar surface area (TPSA) is 58.1 Å². The lowest BCUT2D eigenvalue weighted by molar-refractivity contribution is 0.0774. The summed E-state index contributed by atoms with van der Waals surface area (Å²) in [5, 5.41) is 13.1. The van der Waals surface area contributed by atoms with Gasteiger partial charge in [-0.15, -0.1) is 22.6 Å². The Morgan fingerprint density at radius 2 is 1.84 bits per heavy atom. The summed E-state index contributed by atoms with van der Waals surface area (Å²) in [6.45, 7) is 3.64. The van der Waals surface area contributed by atoms with Gasteiger partial charge in [-0.2, -0.15) is 0 Å². The molecule has 8 heteroatoms. The van der Waals surface area contributed by atoms with Gasteiger partial charge in [0.05, 0.1) is 5.02 Å². The molecule has 5 nitrogen and oxygen atoms in total. The fourth-order valence-electron chi connectivity index (χ4n) is 3.31. The molecule has 0 spiro atoms. The zero-order valence-corrected chi connectivity index (χ0v) is 15.8. The minimum atomic E-state index is -0.0220. The van der Waals surface area contributed by atoms with Gasteiger partial charge in [-0.3, -0.25) is 4.79 Å². The minimum Gasteiger partial charge on any atom is -0.337 e. The molecule has 2 aromatic rings. The molecule has 2 atom stereocenters. The van der Waals surface area contributed by atoms with Crippen molar-refractivity contribution in [1.82, 2.24) is 20.4 Å². The molecule has 3 heterocycles. The van der Waals surface area contributed by atoms with Crippen molar-refractivity contribution in [1.29, 1.82) is 0 Å². The number of nitrogens with one attached hydrogen (secondary N) is 1. The van der Waals surface area contributed by atoms with E-state index >= 15 is 0 Å². The minimum absolute atomic E-state index is 0. The number of aromatic nitrogens is 2. The van der Waals surface area contributed by atoms with Gasteiger partial charge in [-0.25, -0.2) is 0 Å². The highest BCUT2D eigenvalue weighted by molar-refractivity contribution is 7.99. The van der Waals surface area contributed by atoms with Gasteiger partial charge >= 0.3 is 0 Å². The first kappa shape index (κ1) is 18.5. The number of carbonyl (C=O) groups excluding carboxylic acids is 1. The third-order valence-corrected chi connectivity index (χ3v) is 6.03. The van der Waals surface area contributed by atoms with E-state index in [1.807, 2.05) is 35.2 Å². The first-order valence-electron chi connectivity index (χ1n) is 7.97. The van der Waals surface area contributed by atoms with Crippen molar-refractivity contribution in [3.05, 3.63) is 47.1 Å². The average Bonchev–Trinajstić information content (AvgIpc) is 3.19. The van der Waals surface area contributed by atoms with Crippen molar-refractivity contribution in [2.75, 3.05) is 26.2 Å². The van der Waals surface area contributed by atoms with E-state index in [2.05, 4.69) is 15.5 Å². The summed E-state index contributed by atoms with van der Waals surface area (Å²) in [5.41, 5.74) is 0.409. The van der Waals surface area contributed by atoms with Crippen molar-refractivity contribution in [2.24, 2.45) is 11.8 Å². The standard InChI is InChI=1S/C17H17ClN4OS.ClH/c18-13-3-1-2-4-15(13)24-16-6-5-14(20-21-16)17(23)22-9-11-7-19-8-12(11)10-22;/h1-6,11-12,19H,7-10H2;1H/t11-,12+;. The Morgan fingerprint density at radius 1 is 1.12 bits per heavy atom. The van der Waals surface area contributed by atoms with Gasteiger partial charge in [-0.1, -0.05) is 35.5 Å². The lowest BCUT2D eigenvalue weighted by Gasteiger charge is -2.16. The van der Waals surface area contributed by atoms with Crippen LogP contribution in [0.5, 0.6) is 0 Å². The molecule has 1 aromatic heterocycles. The number of carbonyl (C=O) groups is 1. The van der Waals surface area contributed by atoms with Crippen molar-refractivity contribution in [3.63, 3.8) is 0 Å². The van der Waals surface area contributed by atoms with E-state index in [1.54, 1.807) is 6.07 Å². The second-order valence-corrected chi connectivity index (χ2v) is 7.65. The molecule has 0 bridgehead atoms. The summed E-state index contributed by atoms with van der Waals surface area (Å²) in [6.07, 6.45) is 0. The Hall–Kier alpha value is -1.34. The van der Waals surface area contributed by atoms with Crippen LogP contribution in [0.4, 0.5) is 0 Å². The van der Waals surface area contributed by atoms with Gasteiger partial charge in [0, 0.05) is 31.1 Å². The third kappa shape index (κ3) is 3.92. The van der Waals surface area contributed by atoms with Gasteiger partial charge in [0.1, 0.15) is 5.03 Å². The van der Waals surface area contributed by atoms with Crippen molar-refractivity contribution >= 4 is 41.7 Å². The van der Waals surface area contributed by atoms with Crippen LogP contribution in [0.2, 0.25) is 5.02 Å². The fourth-order valence-corrected chi connectivity index (χ4v) is 4.32. The highest BCUT2D eigenvalue weighted by Gasteiger charge is 2.38. The van der Waals surface area contributed by atoms with Crippen LogP contribution in [-0.4, -0.2) is 47.2 Å². The predicted molar refractivity (Wildman–Crippen MR) is 101 cm³/mol. The van der Waals surface area contributed by atoms with Gasteiger partial charge in [0.15, 0.2) is 5.69 Å². The number of rotatable bonds is 3. The summed E-state index contributed by atoms with van der Waals surface area (Å²) < 4.78 is 0. The largest absolute Gasteiger partial charge is 0.337 e. The monoisotopic (exact) mass is 396 g/mol. The number of amides is 1. The lowest BCUT2D eigenvalue weighted by atomic mass is 10.0. The van der Waals surface area contributed by atoms with E-state index in [4.69, 9.17) is 11.6 Å². The van der Waals surface area contributed by atoms with Crippen LogP contribution >= 0.6 is 35.8 Å². The van der Waals surface area contributed by atoms with Gasteiger partial charge in [-0.05, 0) is 36.1 Å². The SMILES string of the molecule is Cl.O=C(c1ccc(Sc2ccccc2Cl)nn1)N1C[C@H]2CNC[C@H]2C1. The van der Waals surface area contributed by atoms with E-state index in [-0.39, 0.29) is 18.3 Å². The first-order valence-corrected chi connectivity index (χ1v) is 9.16. The molecule has 132 valence electrons. The number of hydrogen-bond acceptors (Lipinski definition) is 5. The number of nitrogens with zero attached hydrogens (tertiary/aromatic N) is 3. The molecule has 0 radical (unpaired) electrons. The van der Waals surface area contributed by atoms with Crippen molar-refractivity contribution in [3.8, 4) is 0 Å². The molecule has 2 aliphatic heterocycles. The maximum Gasteiger partial charge on any atom is 0.274 e. The van der Waals surface area contributed by atoms with E-state index in [0.29, 0.717) is 22.6 Å². The molecule has 4 rings (SSSR count). The molecular weight excluding hydrogens is 379 g/mol. The average molecular weight is 397 g/mol. The summed E-state index contributed by atoms with van der Waals surface area (Å²) in [4.78, 5) is 15.4. The van der Waals surface area contributed by atoms with Crippen LogP contribution in [0.1, 0.15) is 10.5 Å². The van der Waals surface area contributed by atoms with E-state index in [0.717, 1.165) is 36.1 Å². The number of halogens is 2. The summed E-state index contributed by atoms with van der Waals surface area (Å²) in [5.74, 6) is 1.14. The Labute approximate surface area is 161 Å². The molecule has 1 N–H and O–H groups in total. The molecule has 2 fully saturated rings. The Morgan fingerprint density at radius 3 is 2.48 bits per heavy atom. The maximum absolute atomic E-state index is 12.6. The van der Waals surface area contributed by atoms with Crippen molar-refractivity contribution in [2.45, 2.75) is 9.92 Å². The highest BCUT2D eigenvalue weighted by atomic mass is 35.5. The zero-order valence-electron chi connectivity index (χ0n) is 13.4. The quantitative estimate of drug-likeness (QED) is 0.863. The molecule has 25 heavy (non-hydrogen) atoms. The van der Waals surface area contributed by atoms with Gasteiger partial charge in [0.2, 0.25) is 0 Å². The van der Waals surface area contributed by atoms with Crippen LogP contribution in [-0.2, 0) is 0 Å². The predicted octanol–water partition coefficient (Wildman–Crippen LogP) is 2.99. The van der Waals surface area contributed by atoms with Crippen LogP contribution in [0, 0.1) is 11.8 Å². The van der Waals surface area contributed by atoms with E-state index < -0.39 is 0 Å². The van der Waals surface area contributed by atoms with Crippen molar-refractivity contribution < 1.29 is 4.79 Å². The van der Waals surface area contributed by atoms with Gasteiger partial charge < -0.3 is 10.2 Å². The number of hydrogen-bond donors (Lipinski definition) is 1. The van der Waals surface area contributed by atoms with Crippen LogP contribution in [0.3, 0.4) is 0 Å². The van der Waals surface area contributed by atoms with Crippen LogP contribution in [0.15, 0.2) is 46.3 Å². The highest BCUT2D eigenvalue weighted by Crippen LogP contribution is 2.32. The maximum atomic E-state index is 12.6. The molecule has 1 aromatic carbocycles. The molecule has 2 aliphatic rings. The second kappa shape index (κ2) is 7.91. The number of likely N-dealkylation sites (tertiary alicyclic amines) is 1. The Kier molecular flexibility index (Phi) is 5.84. The molecule has 1 amide bonds. The molecule has 2 saturated heterocycles. The van der Waals surface area contributed by atoms with Crippen LogP contribution in [0.25, 0.3) is 0 Å². The lowest BCUT2D eigenvalue weighted by Crippen LogP contribution is -2.32. The van der Waals surface area contributed by atoms with E-state index in [1.165, 1.54) is 11.8 Å². The Balaban J connectivity index is 0.00000182. The van der Waals surface area contributed by atoms with Gasteiger partial charge in [0.25, 0.3) is 5.91 Å². The van der Waals surface area contributed by atoms with Crippen LogP contribution < -0.4 is 5.32 Å². The summed E-state index contributed by atoms with van der Waals surface area (Å²) >= 11 is 7.60. The number of benzene rings is 1. The third-order valence-electron chi connectivity index (χ3n) is 4.59. The molecule has 0 aliphatic carbocycles. The number of fused-ring (bicyclic) bond motifs is 1. The summed E-state index contributed by atoms with van der Waals surface area (Å²) in [6, 6.07) is 11.2. The zero-order chi connectivity index (χ0) is 16.5. The normalized spacial score (nSPS) is 21.7. The smallest absolute Gasteiger partial charge is 0.274 e. The molecular formula is C17H18Cl2N4OS. The summed E-state index contributed by atoms with van der Waals surface area (Å²) in [7, 11) is 0. The second-order valence-electron chi connectivity index (χ2n) is 6.18. The first-order chi connectivity index (χ1) is 11.7. The fraction of sp³-hybridized carbons (Fsp3) is 0.353. The Bertz CT molecular complexity index is 747. The molecule has 0 unspecified atom stereocenters. The molecule has 0 saturated carbocycles. The van der Waals surface area contributed by atoms with E-state index in [9.17, 15) is 4.79 Å².